The summed E-state index contributed by atoms with van der Waals surface area (Å²) in [5.74, 6) is 1.60. The molecule has 0 aliphatic heterocycles. The highest BCUT2D eigenvalue weighted by Gasteiger charge is 2.30. The maximum atomic E-state index is 5.65. The summed E-state index contributed by atoms with van der Waals surface area (Å²) >= 11 is 0. The van der Waals surface area contributed by atoms with Gasteiger partial charge in [-0.15, -0.1) is 0 Å². The lowest BCUT2D eigenvalue weighted by Crippen LogP contribution is -2.30. The summed E-state index contributed by atoms with van der Waals surface area (Å²) in [7, 11) is 0. The highest BCUT2D eigenvalue weighted by molar-refractivity contribution is 5.36. The molecule has 2 rings (SSSR count). The average molecular weight is 248 g/mol. The minimum atomic E-state index is 0.515. The summed E-state index contributed by atoms with van der Waals surface area (Å²) in [6, 6.07) is 0.659. The first-order chi connectivity index (χ1) is 8.61. The van der Waals surface area contributed by atoms with E-state index in [1.54, 1.807) is 0 Å². The fourth-order valence-corrected chi connectivity index (χ4v) is 2.05. The van der Waals surface area contributed by atoms with Gasteiger partial charge in [-0.2, -0.15) is 0 Å². The molecule has 18 heavy (non-hydrogen) atoms. The van der Waals surface area contributed by atoms with Crippen LogP contribution in [0.1, 0.15) is 44.4 Å². The first kappa shape index (κ1) is 13.3. The van der Waals surface area contributed by atoms with Crippen molar-refractivity contribution in [3.63, 3.8) is 0 Å². The molecule has 0 radical (unpaired) electrons. The van der Waals surface area contributed by atoms with Crippen molar-refractivity contribution < 1.29 is 0 Å². The van der Waals surface area contributed by atoms with Crippen LogP contribution in [0.25, 0.3) is 0 Å². The first-order valence-electron chi connectivity index (χ1n) is 6.91. The van der Waals surface area contributed by atoms with Crippen molar-refractivity contribution in [1.29, 1.82) is 0 Å². The molecule has 1 fully saturated rings. The average Bonchev–Trinajstić information content (AvgIpc) is 3.13. The van der Waals surface area contributed by atoms with E-state index in [0.717, 1.165) is 29.7 Å². The molecule has 0 bridgehead atoms. The van der Waals surface area contributed by atoms with Crippen LogP contribution in [0.3, 0.4) is 0 Å². The number of rotatable bonds is 6. The topological polar surface area (TPSA) is 55.0 Å². The monoisotopic (exact) mass is 248 g/mol. The third-order valence-electron chi connectivity index (χ3n) is 3.48. The normalized spacial score (nSPS) is 15.2. The van der Waals surface area contributed by atoms with Gasteiger partial charge in [0, 0.05) is 36.6 Å². The second-order valence-corrected chi connectivity index (χ2v) is 5.59. The van der Waals surface area contributed by atoms with Crippen LogP contribution in [-0.2, 0) is 6.54 Å². The van der Waals surface area contributed by atoms with Crippen molar-refractivity contribution in [3.05, 3.63) is 17.5 Å². The van der Waals surface area contributed by atoms with Gasteiger partial charge in [0.05, 0.1) is 0 Å². The van der Waals surface area contributed by atoms with Crippen molar-refractivity contribution in [2.75, 3.05) is 11.4 Å². The number of nitrogens with zero attached hydrogens (tertiary/aromatic N) is 3. The third-order valence-corrected chi connectivity index (χ3v) is 3.48. The van der Waals surface area contributed by atoms with Gasteiger partial charge in [-0.3, -0.25) is 0 Å². The Bertz CT molecular complexity index is 399. The van der Waals surface area contributed by atoms with E-state index >= 15 is 0 Å². The van der Waals surface area contributed by atoms with Gasteiger partial charge in [-0.25, -0.2) is 9.97 Å². The van der Waals surface area contributed by atoms with Crippen molar-refractivity contribution in [2.24, 2.45) is 11.7 Å². The number of hydrogen-bond donors (Lipinski definition) is 1. The Morgan fingerprint density at radius 2 is 2.17 bits per heavy atom. The molecule has 1 aromatic rings. The molecule has 100 valence electrons. The van der Waals surface area contributed by atoms with Gasteiger partial charge >= 0.3 is 0 Å². The summed E-state index contributed by atoms with van der Waals surface area (Å²) in [5, 5.41) is 0. The fraction of sp³-hybridized carbons (Fsp3) is 0.714. The van der Waals surface area contributed by atoms with E-state index in [1.165, 1.54) is 19.3 Å². The Hall–Kier alpha value is -1.16. The summed E-state index contributed by atoms with van der Waals surface area (Å²) in [5.41, 5.74) is 7.71. The van der Waals surface area contributed by atoms with E-state index in [4.69, 9.17) is 5.73 Å². The zero-order valence-electron chi connectivity index (χ0n) is 11.7. The van der Waals surface area contributed by atoms with E-state index in [0.29, 0.717) is 12.6 Å². The van der Waals surface area contributed by atoms with Gasteiger partial charge < -0.3 is 10.6 Å². The van der Waals surface area contributed by atoms with Gasteiger partial charge in [0.2, 0.25) is 5.95 Å². The van der Waals surface area contributed by atoms with E-state index in [-0.39, 0.29) is 0 Å². The van der Waals surface area contributed by atoms with Gasteiger partial charge in [0.25, 0.3) is 0 Å². The minimum Gasteiger partial charge on any atom is -0.338 e. The predicted molar refractivity (Wildman–Crippen MR) is 74.5 cm³/mol. The van der Waals surface area contributed by atoms with E-state index in [1.807, 2.05) is 13.1 Å². The minimum absolute atomic E-state index is 0.515. The number of aryl methyl sites for hydroxylation is 1. The molecule has 0 amide bonds. The van der Waals surface area contributed by atoms with Crippen molar-refractivity contribution >= 4 is 5.95 Å². The number of aromatic nitrogens is 2. The lowest BCUT2D eigenvalue weighted by molar-refractivity contribution is 0.565. The molecular formula is C14H24N4. The quantitative estimate of drug-likeness (QED) is 0.839. The van der Waals surface area contributed by atoms with Crippen LogP contribution in [-0.4, -0.2) is 22.6 Å². The van der Waals surface area contributed by atoms with Crippen LogP contribution in [0.15, 0.2) is 6.20 Å². The Balaban J connectivity index is 2.12. The predicted octanol–water partition coefficient (Wildman–Crippen LogP) is 2.26. The summed E-state index contributed by atoms with van der Waals surface area (Å²) < 4.78 is 0. The lowest BCUT2D eigenvalue weighted by atomic mass is 10.1. The van der Waals surface area contributed by atoms with Crippen LogP contribution in [0.4, 0.5) is 5.95 Å². The summed E-state index contributed by atoms with van der Waals surface area (Å²) in [6.45, 7) is 8.11. The molecule has 0 aromatic carbocycles. The van der Waals surface area contributed by atoms with Crippen LogP contribution >= 0.6 is 0 Å². The highest BCUT2D eigenvalue weighted by Crippen LogP contribution is 2.30. The molecule has 0 unspecified atom stereocenters. The second-order valence-electron chi connectivity index (χ2n) is 5.59. The molecule has 2 N–H and O–H groups in total. The van der Waals surface area contributed by atoms with Gasteiger partial charge in [0.1, 0.15) is 0 Å². The number of nitrogens with two attached hydrogens (primary N) is 1. The molecule has 4 nitrogen and oxygen atoms in total. The number of anilines is 1. The lowest BCUT2D eigenvalue weighted by Gasteiger charge is -2.23. The third kappa shape index (κ3) is 3.19. The van der Waals surface area contributed by atoms with Crippen LogP contribution in [0, 0.1) is 12.8 Å². The smallest absolute Gasteiger partial charge is 0.225 e. The molecule has 0 atom stereocenters. The van der Waals surface area contributed by atoms with Crippen LogP contribution < -0.4 is 10.6 Å². The van der Waals surface area contributed by atoms with Crippen molar-refractivity contribution in [2.45, 2.75) is 52.6 Å². The Kier molecular flexibility index (Phi) is 4.17. The number of hydrogen-bond acceptors (Lipinski definition) is 4. The summed E-state index contributed by atoms with van der Waals surface area (Å²) in [6.07, 6.45) is 5.62. The molecule has 1 aromatic heterocycles. The van der Waals surface area contributed by atoms with Gasteiger partial charge in [-0.1, -0.05) is 13.8 Å². The van der Waals surface area contributed by atoms with E-state index in [9.17, 15) is 0 Å². The zero-order chi connectivity index (χ0) is 13.1. The Morgan fingerprint density at radius 1 is 1.44 bits per heavy atom. The highest BCUT2D eigenvalue weighted by atomic mass is 15.3. The fourth-order valence-electron chi connectivity index (χ4n) is 2.05. The molecule has 1 heterocycles. The Labute approximate surface area is 110 Å². The second kappa shape index (κ2) is 5.65. The van der Waals surface area contributed by atoms with E-state index < -0.39 is 0 Å². The molecule has 0 spiro atoms. The van der Waals surface area contributed by atoms with Crippen LogP contribution in [0.2, 0.25) is 0 Å². The van der Waals surface area contributed by atoms with Crippen molar-refractivity contribution in [3.8, 4) is 0 Å². The molecule has 4 heteroatoms. The van der Waals surface area contributed by atoms with Crippen LogP contribution in [0.5, 0.6) is 0 Å². The van der Waals surface area contributed by atoms with Gasteiger partial charge in [-0.05, 0) is 32.1 Å². The molecular weight excluding hydrogens is 224 g/mol. The maximum absolute atomic E-state index is 5.65. The molecule has 1 aliphatic rings. The van der Waals surface area contributed by atoms with Crippen molar-refractivity contribution in [1.82, 2.24) is 9.97 Å². The largest absolute Gasteiger partial charge is 0.338 e. The SMILES string of the molecule is Cc1nc(N(CCC(C)C)C2CC2)ncc1CN. The first-order valence-corrected chi connectivity index (χ1v) is 6.91. The maximum Gasteiger partial charge on any atom is 0.225 e. The summed E-state index contributed by atoms with van der Waals surface area (Å²) in [4.78, 5) is 11.5. The van der Waals surface area contributed by atoms with Gasteiger partial charge in [0.15, 0.2) is 0 Å². The molecule has 1 saturated carbocycles. The zero-order valence-corrected chi connectivity index (χ0v) is 11.7. The molecule has 0 saturated heterocycles. The standard InChI is InChI=1S/C14H24N4/c1-10(2)6-7-18(13-4-5-13)14-16-9-12(8-15)11(3)17-14/h9-10,13H,4-8,15H2,1-3H3. The Morgan fingerprint density at radius 3 is 2.67 bits per heavy atom. The van der Waals surface area contributed by atoms with E-state index in [2.05, 4.69) is 28.7 Å². The molecule has 1 aliphatic carbocycles.